The molecule has 0 unspecified atom stereocenters. The SMILES string of the molecule is Cc1cc(C)cc(-n2c(C)cc(C(=O)Cn3c(Cl)nc4c3c(=O)n(C)c(=O)n4C)c2C)c1. The van der Waals surface area contributed by atoms with Crippen LogP contribution in [0, 0.1) is 27.7 Å². The van der Waals surface area contributed by atoms with Crippen molar-refractivity contribution in [1.29, 1.82) is 0 Å². The van der Waals surface area contributed by atoms with Crippen molar-refractivity contribution in [2.24, 2.45) is 14.1 Å². The fourth-order valence-corrected chi connectivity index (χ4v) is 4.54. The first-order valence-electron chi connectivity index (χ1n) is 10.1. The van der Waals surface area contributed by atoms with E-state index in [1.54, 1.807) is 0 Å². The quantitative estimate of drug-likeness (QED) is 0.351. The Morgan fingerprint density at radius 2 is 1.59 bits per heavy atom. The lowest BCUT2D eigenvalue weighted by Gasteiger charge is -2.12. The minimum atomic E-state index is -0.545. The van der Waals surface area contributed by atoms with E-state index >= 15 is 0 Å². The number of fused-ring (bicyclic) bond motifs is 1. The number of carbonyl (C=O) groups excluding carboxylic acids is 1. The number of hydrogen-bond donors (Lipinski definition) is 0. The van der Waals surface area contributed by atoms with Crippen molar-refractivity contribution < 1.29 is 4.79 Å². The molecule has 4 aromatic rings. The van der Waals surface area contributed by atoms with Gasteiger partial charge in [0.1, 0.15) is 0 Å². The average molecular weight is 454 g/mol. The van der Waals surface area contributed by atoms with Crippen LogP contribution in [0.1, 0.15) is 32.9 Å². The molecule has 3 aromatic heterocycles. The van der Waals surface area contributed by atoms with E-state index in [0.29, 0.717) is 5.56 Å². The van der Waals surface area contributed by atoms with Gasteiger partial charge in [-0.3, -0.25) is 18.7 Å². The van der Waals surface area contributed by atoms with E-state index in [4.69, 9.17) is 11.6 Å². The number of ketones is 1. The molecule has 3 heterocycles. The normalized spacial score (nSPS) is 11.5. The molecule has 0 N–H and O–H groups in total. The topological polar surface area (TPSA) is 83.8 Å². The minimum Gasteiger partial charge on any atom is -0.318 e. The van der Waals surface area contributed by atoms with Gasteiger partial charge < -0.3 is 9.13 Å². The molecule has 32 heavy (non-hydrogen) atoms. The number of aromatic nitrogens is 5. The van der Waals surface area contributed by atoms with Crippen LogP contribution in [0.25, 0.3) is 16.9 Å². The molecule has 0 bridgehead atoms. The van der Waals surface area contributed by atoms with Gasteiger partial charge >= 0.3 is 5.69 Å². The first kappa shape index (κ1) is 21.8. The molecule has 166 valence electrons. The number of hydrogen-bond acceptors (Lipinski definition) is 4. The highest BCUT2D eigenvalue weighted by Crippen LogP contribution is 2.24. The van der Waals surface area contributed by atoms with Crippen LogP contribution in [-0.4, -0.2) is 29.0 Å². The first-order chi connectivity index (χ1) is 15.0. The monoisotopic (exact) mass is 453 g/mol. The summed E-state index contributed by atoms with van der Waals surface area (Å²) in [5.41, 5.74) is 4.76. The highest BCUT2D eigenvalue weighted by molar-refractivity contribution is 6.29. The Balaban J connectivity index is 1.81. The predicted molar refractivity (Wildman–Crippen MR) is 124 cm³/mol. The van der Waals surface area contributed by atoms with E-state index in [0.717, 1.165) is 32.8 Å². The maximum absolute atomic E-state index is 13.3. The van der Waals surface area contributed by atoms with E-state index in [-0.39, 0.29) is 28.8 Å². The summed E-state index contributed by atoms with van der Waals surface area (Å²) in [7, 11) is 2.89. The molecule has 0 radical (unpaired) electrons. The molecule has 0 aliphatic carbocycles. The van der Waals surface area contributed by atoms with Crippen LogP contribution in [0.4, 0.5) is 0 Å². The van der Waals surface area contributed by atoms with Crippen molar-refractivity contribution >= 4 is 28.5 Å². The van der Waals surface area contributed by atoms with Crippen LogP contribution < -0.4 is 11.2 Å². The Hall–Kier alpha value is -3.39. The Kier molecular flexibility index (Phi) is 5.21. The number of imidazole rings is 1. The molecule has 9 heteroatoms. The summed E-state index contributed by atoms with van der Waals surface area (Å²) < 4.78 is 5.64. The van der Waals surface area contributed by atoms with Crippen molar-refractivity contribution in [3.8, 4) is 5.69 Å². The van der Waals surface area contributed by atoms with Gasteiger partial charge in [-0.05, 0) is 68.6 Å². The van der Waals surface area contributed by atoms with Gasteiger partial charge in [0.2, 0.25) is 5.28 Å². The van der Waals surface area contributed by atoms with Gasteiger partial charge in [-0.25, -0.2) is 4.79 Å². The van der Waals surface area contributed by atoms with Crippen LogP contribution in [0.2, 0.25) is 5.28 Å². The van der Waals surface area contributed by atoms with E-state index in [9.17, 15) is 14.4 Å². The maximum Gasteiger partial charge on any atom is 0.332 e. The number of benzene rings is 1. The lowest BCUT2D eigenvalue weighted by atomic mass is 10.1. The van der Waals surface area contributed by atoms with Gasteiger partial charge in [-0.1, -0.05) is 6.07 Å². The summed E-state index contributed by atoms with van der Waals surface area (Å²) in [5, 5.41) is -0.0187. The second-order valence-electron chi connectivity index (χ2n) is 8.23. The number of carbonyl (C=O) groups is 1. The van der Waals surface area contributed by atoms with Gasteiger partial charge in [0.25, 0.3) is 5.56 Å². The standard InChI is InChI=1S/C23H24ClN5O3/c1-12-7-13(2)9-16(8-12)29-14(3)10-17(15(29)4)18(30)11-28-19-20(25-22(28)24)26(5)23(32)27(6)21(19)31/h7-10H,11H2,1-6H3. The summed E-state index contributed by atoms with van der Waals surface area (Å²) in [6.45, 7) is 7.76. The van der Waals surface area contributed by atoms with Crippen LogP contribution in [0.3, 0.4) is 0 Å². The lowest BCUT2D eigenvalue weighted by Crippen LogP contribution is -2.37. The summed E-state index contributed by atoms with van der Waals surface area (Å²) in [5.74, 6) is -0.203. The third-order valence-corrected chi connectivity index (χ3v) is 6.09. The number of aryl methyl sites for hydroxylation is 4. The van der Waals surface area contributed by atoms with Crippen molar-refractivity contribution in [1.82, 2.24) is 23.3 Å². The van der Waals surface area contributed by atoms with Crippen LogP contribution in [0.5, 0.6) is 0 Å². The molecule has 0 aliphatic rings. The van der Waals surface area contributed by atoms with E-state index in [1.807, 2.05) is 38.3 Å². The Labute approximate surface area is 189 Å². The Morgan fingerprint density at radius 1 is 0.969 bits per heavy atom. The average Bonchev–Trinajstić information content (AvgIpc) is 3.20. The molecule has 8 nitrogen and oxygen atoms in total. The van der Waals surface area contributed by atoms with Gasteiger partial charge in [0.05, 0.1) is 6.54 Å². The number of rotatable bonds is 4. The van der Waals surface area contributed by atoms with E-state index in [1.165, 1.54) is 23.2 Å². The van der Waals surface area contributed by atoms with Gasteiger partial charge in [-0.15, -0.1) is 0 Å². The molecule has 0 amide bonds. The van der Waals surface area contributed by atoms with E-state index < -0.39 is 11.2 Å². The van der Waals surface area contributed by atoms with E-state index in [2.05, 4.69) is 23.2 Å². The molecular weight excluding hydrogens is 430 g/mol. The smallest absolute Gasteiger partial charge is 0.318 e. The molecule has 0 saturated heterocycles. The summed E-state index contributed by atoms with van der Waals surface area (Å²) in [6, 6.07) is 8.09. The molecule has 0 fully saturated rings. The van der Waals surface area contributed by atoms with Crippen LogP contribution >= 0.6 is 11.6 Å². The molecular formula is C23H24ClN5O3. The highest BCUT2D eigenvalue weighted by Gasteiger charge is 2.23. The number of nitrogens with zero attached hydrogens (tertiary/aromatic N) is 5. The zero-order valence-electron chi connectivity index (χ0n) is 18.9. The molecule has 0 spiro atoms. The van der Waals surface area contributed by atoms with Crippen molar-refractivity contribution in [2.45, 2.75) is 34.2 Å². The van der Waals surface area contributed by atoms with Gasteiger partial charge in [0.15, 0.2) is 16.9 Å². The van der Waals surface area contributed by atoms with Gasteiger partial charge in [0, 0.05) is 36.7 Å². The summed E-state index contributed by atoms with van der Waals surface area (Å²) in [6.07, 6.45) is 0. The largest absolute Gasteiger partial charge is 0.332 e. The maximum atomic E-state index is 13.3. The molecule has 4 rings (SSSR count). The third kappa shape index (κ3) is 3.31. The Bertz CT molecular complexity index is 1510. The summed E-state index contributed by atoms with van der Waals surface area (Å²) in [4.78, 5) is 42.4. The minimum absolute atomic E-state index is 0.0187. The van der Waals surface area contributed by atoms with Crippen LogP contribution in [-0.2, 0) is 20.6 Å². The molecule has 0 aliphatic heterocycles. The first-order valence-corrected chi connectivity index (χ1v) is 10.5. The van der Waals surface area contributed by atoms with Crippen molar-refractivity contribution in [2.75, 3.05) is 0 Å². The highest BCUT2D eigenvalue weighted by atomic mass is 35.5. The van der Waals surface area contributed by atoms with Crippen molar-refractivity contribution in [3.05, 3.63) is 78.5 Å². The molecule has 1 aromatic carbocycles. The van der Waals surface area contributed by atoms with Crippen LogP contribution in [0.15, 0.2) is 33.9 Å². The number of halogens is 1. The fourth-order valence-electron chi connectivity index (χ4n) is 4.32. The fraction of sp³-hybridized carbons (Fsp3) is 0.304. The zero-order chi connectivity index (χ0) is 23.5. The second-order valence-corrected chi connectivity index (χ2v) is 8.57. The van der Waals surface area contributed by atoms with Gasteiger partial charge in [-0.2, -0.15) is 4.98 Å². The summed E-state index contributed by atoms with van der Waals surface area (Å²) >= 11 is 6.29. The second kappa shape index (κ2) is 7.63. The number of Topliss-reactive ketones (excluding diaryl/α,β-unsaturated/α-hetero) is 1. The molecule has 0 saturated carbocycles. The van der Waals surface area contributed by atoms with Crippen molar-refractivity contribution in [3.63, 3.8) is 0 Å². The molecule has 0 atom stereocenters. The lowest BCUT2D eigenvalue weighted by molar-refractivity contribution is 0.0972. The Morgan fingerprint density at radius 3 is 2.22 bits per heavy atom. The zero-order valence-corrected chi connectivity index (χ0v) is 19.6. The predicted octanol–water partition coefficient (Wildman–Crippen LogP) is 2.99. The third-order valence-electron chi connectivity index (χ3n) is 5.80.